The molecule has 1 aliphatic carbocycles. The third-order valence-electron chi connectivity index (χ3n) is 12.9. The molecule has 3 amide bonds. The molecule has 4 aromatic heterocycles. The number of amides is 3. The van der Waals surface area contributed by atoms with Crippen LogP contribution in [0.5, 0.6) is 0 Å². The van der Waals surface area contributed by atoms with Crippen LogP contribution in [0.15, 0.2) is 42.9 Å². The molecule has 3 saturated heterocycles. The van der Waals surface area contributed by atoms with Crippen LogP contribution in [0.2, 0.25) is 0 Å². The first-order valence-corrected chi connectivity index (χ1v) is 22.0. The molecule has 7 heterocycles. The number of piperidine rings is 2. The van der Waals surface area contributed by atoms with Gasteiger partial charge in [0.05, 0.1) is 58.9 Å². The standard InChI is InChI=1S/C45H53F2N11O5/c1-27-23-56(24-28(2)63-27)37-17-20-57-43(50-37)35(22-48-57)45(61)49-36-26-58(53-40(36)42(46)47)31-11-9-29(10-12-31)25-55-18-15-32(16-19-55)62-21-5-7-30-6-4-8-33-39(52-54(3)41(30)33)34-13-14-38(59)51-44(34)60/h4,6,8,17,20,22,26-29,31-32,34,42H,9-16,18-19,21,23-25H2,1-3H3,(H,49,61)(H,51,59,60)/t27-,28-,29?,31?,34?/m0/s1. The van der Waals surface area contributed by atoms with Gasteiger partial charge in [-0.2, -0.15) is 15.3 Å². The van der Waals surface area contributed by atoms with E-state index in [1.807, 2.05) is 45.2 Å². The lowest BCUT2D eigenvalue weighted by Crippen LogP contribution is -2.45. The van der Waals surface area contributed by atoms with E-state index in [9.17, 15) is 23.2 Å². The number of likely N-dealkylation sites (tertiary alicyclic amines) is 1. The van der Waals surface area contributed by atoms with E-state index in [-0.39, 0.29) is 47.4 Å². The first-order valence-electron chi connectivity index (χ1n) is 22.0. The number of benzene rings is 1. The number of imide groups is 1. The summed E-state index contributed by atoms with van der Waals surface area (Å²) >= 11 is 0. The van der Waals surface area contributed by atoms with Gasteiger partial charge in [0.25, 0.3) is 12.3 Å². The van der Waals surface area contributed by atoms with Crippen LogP contribution in [0.25, 0.3) is 16.6 Å². The highest BCUT2D eigenvalue weighted by Crippen LogP contribution is 2.36. The Morgan fingerprint density at radius 1 is 1.03 bits per heavy atom. The van der Waals surface area contributed by atoms with Crippen LogP contribution in [-0.4, -0.2) is 114 Å². The molecule has 9 rings (SSSR count). The zero-order valence-corrected chi connectivity index (χ0v) is 35.8. The summed E-state index contributed by atoms with van der Waals surface area (Å²) in [7, 11) is 1.84. The molecule has 0 spiro atoms. The van der Waals surface area contributed by atoms with Crippen LogP contribution >= 0.6 is 0 Å². The summed E-state index contributed by atoms with van der Waals surface area (Å²) in [5.74, 6) is 6.01. The fourth-order valence-electron chi connectivity index (χ4n) is 9.78. The lowest BCUT2D eigenvalue weighted by atomic mass is 9.85. The van der Waals surface area contributed by atoms with E-state index in [2.05, 4.69) is 47.6 Å². The zero-order chi connectivity index (χ0) is 43.8. The Morgan fingerprint density at radius 2 is 1.81 bits per heavy atom. The fraction of sp³-hybridized carbons (Fsp3) is 0.533. The van der Waals surface area contributed by atoms with Crippen molar-refractivity contribution in [2.75, 3.05) is 49.5 Å². The number of anilines is 2. The van der Waals surface area contributed by atoms with E-state index in [0.717, 1.165) is 74.6 Å². The number of carbonyl (C=O) groups excluding carboxylic acids is 3. The monoisotopic (exact) mass is 865 g/mol. The van der Waals surface area contributed by atoms with Gasteiger partial charge in [0.1, 0.15) is 18.0 Å². The van der Waals surface area contributed by atoms with Crippen molar-refractivity contribution in [3.63, 3.8) is 0 Å². The van der Waals surface area contributed by atoms with Crippen molar-refractivity contribution in [2.45, 2.75) is 102 Å². The van der Waals surface area contributed by atoms with Gasteiger partial charge < -0.3 is 24.6 Å². The van der Waals surface area contributed by atoms with E-state index in [0.29, 0.717) is 55.6 Å². The van der Waals surface area contributed by atoms with Gasteiger partial charge in [0, 0.05) is 64.0 Å². The summed E-state index contributed by atoms with van der Waals surface area (Å²) in [6, 6.07) is 7.60. The van der Waals surface area contributed by atoms with Crippen LogP contribution in [0.3, 0.4) is 0 Å². The average Bonchev–Trinajstić information content (AvgIpc) is 3.98. The summed E-state index contributed by atoms with van der Waals surface area (Å²) in [6.45, 7) is 8.48. The van der Waals surface area contributed by atoms with Crippen LogP contribution in [0, 0.1) is 17.8 Å². The van der Waals surface area contributed by atoms with Gasteiger partial charge in [-0.3, -0.25) is 29.1 Å². The number of aryl methyl sites for hydroxylation is 1. The lowest BCUT2D eigenvalue weighted by Gasteiger charge is -2.36. The maximum absolute atomic E-state index is 14.3. The Morgan fingerprint density at radius 3 is 2.56 bits per heavy atom. The fourth-order valence-corrected chi connectivity index (χ4v) is 9.78. The molecule has 1 aromatic carbocycles. The third kappa shape index (κ3) is 9.18. The van der Waals surface area contributed by atoms with Crippen LogP contribution < -0.4 is 15.5 Å². The Hall–Kier alpha value is -5.77. The van der Waals surface area contributed by atoms with Crippen molar-refractivity contribution < 1.29 is 32.6 Å². The number of fused-ring (bicyclic) bond motifs is 2. The van der Waals surface area contributed by atoms with Gasteiger partial charge in [0.15, 0.2) is 11.3 Å². The number of alkyl halides is 2. The number of carbonyl (C=O) groups is 3. The molecule has 0 bridgehead atoms. The Labute approximate surface area is 363 Å². The molecule has 332 valence electrons. The van der Waals surface area contributed by atoms with Crippen molar-refractivity contribution in [2.24, 2.45) is 13.0 Å². The highest BCUT2D eigenvalue weighted by molar-refractivity contribution is 6.08. The minimum Gasteiger partial charge on any atom is -0.372 e. The lowest BCUT2D eigenvalue weighted by molar-refractivity contribution is -0.134. The summed E-state index contributed by atoms with van der Waals surface area (Å²) in [5, 5.41) is 19.2. The molecular formula is C45H53F2N11O5. The number of hydrogen-bond donors (Lipinski definition) is 2. The number of para-hydroxylation sites is 1. The predicted molar refractivity (Wildman–Crippen MR) is 229 cm³/mol. The zero-order valence-electron chi connectivity index (χ0n) is 35.8. The molecule has 4 fully saturated rings. The summed E-state index contributed by atoms with van der Waals surface area (Å²) in [6.07, 6.45) is 8.10. The molecule has 16 nitrogen and oxygen atoms in total. The largest absolute Gasteiger partial charge is 0.372 e. The predicted octanol–water partition coefficient (Wildman–Crippen LogP) is 5.40. The van der Waals surface area contributed by atoms with E-state index < -0.39 is 23.9 Å². The number of nitrogens with zero attached hydrogens (tertiary/aromatic N) is 9. The van der Waals surface area contributed by atoms with E-state index in [4.69, 9.17) is 14.5 Å². The molecule has 18 heteroatoms. The summed E-state index contributed by atoms with van der Waals surface area (Å²) in [5.41, 5.74) is 2.39. The molecule has 0 radical (unpaired) electrons. The molecule has 63 heavy (non-hydrogen) atoms. The molecule has 2 N–H and O–H groups in total. The molecular weight excluding hydrogens is 813 g/mol. The number of hydrogen-bond acceptors (Lipinski definition) is 11. The molecule has 3 aliphatic heterocycles. The average molecular weight is 866 g/mol. The number of rotatable bonds is 10. The van der Waals surface area contributed by atoms with Crippen molar-refractivity contribution in [3.05, 3.63) is 65.4 Å². The first-order chi connectivity index (χ1) is 30.5. The van der Waals surface area contributed by atoms with Gasteiger partial charge >= 0.3 is 0 Å². The van der Waals surface area contributed by atoms with Gasteiger partial charge in [-0.15, -0.1) is 0 Å². The van der Waals surface area contributed by atoms with Crippen molar-refractivity contribution in [1.82, 2.24) is 44.4 Å². The van der Waals surface area contributed by atoms with E-state index >= 15 is 0 Å². The summed E-state index contributed by atoms with van der Waals surface area (Å²) < 4.78 is 45.5. The number of morpholine rings is 1. The normalized spacial score (nSPS) is 23.9. The Balaban J connectivity index is 0.746. The number of halogens is 2. The number of ether oxygens (including phenoxy) is 2. The third-order valence-corrected chi connectivity index (χ3v) is 12.9. The van der Waals surface area contributed by atoms with Gasteiger partial charge in [-0.05, 0) is 76.8 Å². The van der Waals surface area contributed by atoms with E-state index in [1.165, 1.54) is 10.7 Å². The van der Waals surface area contributed by atoms with Gasteiger partial charge in [-0.25, -0.2) is 18.3 Å². The molecule has 1 unspecified atom stereocenters. The maximum Gasteiger partial charge on any atom is 0.284 e. The highest BCUT2D eigenvalue weighted by Gasteiger charge is 2.33. The maximum atomic E-state index is 14.3. The molecule has 1 saturated carbocycles. The number of nitrogens with one attached hydrogen (secondary N) is 2. The van der Waals surface area contributed by atoms with Crippen LogP contribution in [0.4, 0.5) is 20.3 Å². The first kappa shape index (κ1) is 42.5. The Bertz CT molecular complexity index is 2550. The SMILES string of the molecule is C[C@H]1CN(c2ccn3ncc(C(=O)Nc4cn(C5CCC(CN6CCC(OCC#Cc7cccc8c(C9CCC(=O)NC9=O)nn(C)c78)CC6)CC5)nc4C(F)F)c3n2)C[C@H](C)O1. The number of aromatic nitrogens is 7. The quantitative estimate of drug-likeness (QED) is 0.136. The van der Waals surface area contributed by atoms with E-state index in [1.54, 1.807) is 21.8 Å². The molecule has 4 aliphatic rings. The molecule has 3 atom stereocenters. The topological polar surface area (TPSA) is 166 Å². The second kappa shape index (κ2) is 18.1. The second-order valence-corrected chi connectivity index (χ2v) is 17.4. The van der Waals surface area contributed by atoms with Crippen molar-refractivity contribution in [3.8, 4) is 11.8 Å². The second-order valence-electron chi connectivity index (χ2n) is 17.4. The van der Waals surface area contributed by atoms with Crippen LogP contribution in [-0.2, 0) is 26.1 Å². The minimum absolute atomic E-state index is 0.00840. The van der Waals surface area contributed by atoms with Crippen LogP contribution in [0.1, 0.15) is 111 Å². The van der Waals surface area contributed by atoms with Crippen molar-refractivity contribution in [1.29, 1.82) is 0 Å². The minimum atomic E-state index is -2.86. The highest BCUT2D eigenvalue weighted by atomic mass is 19.3. The summed E-state index contributed by atoms with van der Waals surface area (Å²) in [4.78, 5) is 47.2. The smallest absolute Gasteiger partial charge is 0.284 e. The van der Waals surface area contributed by atoms with Gasteiger partial charge in [-0.1, -0.05) is 24.0 Å². The molecule has 5 aromatic rings. The van der Waals surface area contributed by atoms with Gasteiger partial charge in [0.2, 0.25) is 11.8 Å². The van der Waals surface area contributed by atoms with Crippen molar-refractivity contribution >= 4 is 45.8 Å². The Kier molecular flexibility index (Phi) is 12.2.